The second kappa shape index (κ2) is 7.34. The first-order chi connectivity index (χ1) is 11.6. The lowest BCUT2D eigenvalue weighted by atomic mass is 10.1. The van der Waals surface area contributed by atoms with Crippen molar-refractivity contribution >= 4 is 23.4 Å². The van der Waals surface area contributed by atoms with Crippen molar-refractivity contribution < 1.29 is 18.7 Å². The zero-order valence-electron chi connectivity index (χ0n) is 14.6. The molecule has 0 saturated heterocycles. The van der Waals surface area contributed by atoms with Gasteiger partial charge < -0.3 is 10.1 Å². The Morgan fingerprint density at radius 2 is 1.64 bits per heavy atom. The van der Waals surface area contributed by atoms with Crippen molar-refractivity contribution in [3.05, 3.63) is 59.4 Å². The minimum Gasteiger partial charge on any atom is -0.444 e. The van der Waals surface area contributed by atoms with Crippen molar-refractivity contribution in [2.75, 3.05) is 10.6 Å². The summed E-state index contributed by atoms with van der Waals surface area (Å²) < 4.78 is 18.9. The Morgan fingerprint density at radius 1 is 1.00 bits per heavy atom. The van der Waals surface area contributed by atoms with E-state index in [0.29, 0.717) is 11.3 Å². The summed E-state index contributed by atoms with van der Waals surface area (Å²) in [6, 6.07) is 10.8. The molecule has 0 spiro atoms. The molecule has 25 heavy (non-hydrogen) atoms. The molecule has 2 aromatic rings. The lowest BCUT2D eigenvalue weighted by molar-refractivity contribution is 0.0636. The molecule has 0 heterocycles. The van der Waals surface area contributed by atoms with Crippen LogP contribution in [0.1, 0.15) is 36.7 Å². The van der Waals surface area contributed by atoms with Gasteiger partial charge in [-0.1, -0.05) is 6.07 Å². The summed E-state index contributed by atoms with van der Waals surface area (Å²) in [5.74, 6) is -0.928. The molecule has 0 bridgehead atoms. The van der Waals surface area contributed by atoms with Crippen LogP contribution in [0.2, 0.25) is 0 Å². The Kier molecular flexibility index (Phi) is 5.41. The highest BCUT2D eigenvalue weighted by Crippen LogP contribution is 2.18. The lowest BCUT2D eigenvalue weighted by Gasteiger charge is -2.19. The van der Waals surface area contributed by atoms with E-state index in [-0.39, 0.29) is 5.69 Å². The van der Waals surface area contributed by atoms with Gasteiger partial charge in [-0.2, -0.15) is 0 Å². The standard InChI is InChI=1S/C19H21FN2O3/c1-12-5-10-16(15(20)11-12)22-17(23)13-6-8-14(9-7-13)21-18(24)25-19(2,3)4/h5-11H,1-4H3,(H,21,24)(H,22,23). The number of hydrogen-bond acceptors (Lipinski definition) is 3. The van der Waals surface area contributed by atoms with Crippen LogP contribution in [0.15, 0.2) is 42.5 Å². The molecule has 2 amide bonds. The Labute approximate surface area is 146 Å². The highest BCUT2D eigenvalue weighted by atomic mass is 19.1. The third kappa shape index (κ3) is 5.60. The van der Waals surface area contributed by atoms with Crippen LogP contribution in [-0.4, -0.2) is 17.6 Å². The maximum Gasteiger partial charge on any atom is 0.412 e. The molecule has 132 valence electrons. The van der Waals surface area contributed by atoms with E-state index in [4.69, 9.17) is 4.74 Å². The van der Waals surface area contributed by atoms with E-state index in [9.17, 15) is 14.0 Å². The summed E-state index contributed by atoms with van der Waals surface area (Å²) in [7, 11) is 0. The smallest absolute Gasteiger partial charge is 0.412 e. The molecular weight excluding hydrogens is 323 g/mol. The van der Waals surface area contributed by atoms with Gasteiger partial charge in [0.05, 0.1) is 5.69 Å². The van der Waals surface area contributed by atoms with E-state index < -0.39 is 23.4 Å². The summed E-state index contributed by atoms with van der Waals surface area (Å²) in [4.78, 5) is 23.9. The summed E-state index contributed by atoms with van der Waals surface area (Å²) in [5.41, 5.74) is 1.13. The fourth-order valence-electron chi connectivity index (χ4n) is 2.04. The number of benzene rings is 2. The molecule has 6 heteroatoms. The first-order valence-electron chi connectivity index (χ1n) is 7.81. The number of anilines is 2. The maximum atomic E-state index is 13.8. The number of halogens is 1. The number of amides is 2. The Balaban J connectivity index is 2.01. The third-order valence-electron chi connectivity index (χ3n) is 3.17. The minimum atomic E-state index is -0.595. The van der Waals surface area contributed by atoms with Crippen LogP contribution in [0.5, 0.6) is 0 Å². The van der Waals surface area contributed by atoms with Gasteiger partial charge in [-0.15, -0.1) is 0 Å². The van der Waals surface area contributed by atoms with Crippen LogP contribution in [0.25, 0.3) is 0 Å². The Hall–Kier alpha value is -2.89. The molecule has 0 aliphatic heterocycles. The first kappa shape index (κ1) is 18.4. The molecule has 0 aliphatic carbocycles. The minimum absolute atomic E-state index is 0.117. The van der Waals surface area contributed by atoms with Gasteiger partial charge >= 0.3 is 6.09 Å². The van der Waals surface area contributed by atoms with Gasteiger partial charge in [0.25, 0.3) is 5.91 Å². The van der Waals surface area contributed by atoms with Gasteiger partial charge in [-0.25, -0.2) is 9.18 Å². The SMILES string of the molecule is Cc1ccc(NC(=O)c2ccc(NC(=O)OC(C)(C)C)cc2)c(F)c1. The maximum absolute atomic E-state index is 13.8. The zero-order valence-corrected chi connectivity index (χ0v) is 14.6. The lowest BCUT2D eigenvalue weighted by Crippen LogP contribution is -2.27. The van der Waals surface area contributed by atoms with E-state index in [1.807, 2.05) is 0 Å². The van der Waals surface area contributed by atoms with Crippen molar-refractivity contribution in [3.8, 4) is 0 Å². The number of carbonyl (C=O) groups is 2. The Morgan fingerprint density at radius 3 is 2.20 bits per heavy atom. The van der Waals surface area contributed by atoms with Gasteiger partial charge in [-0.05, 0) is 69.7 Å². The van der Waals surface area contributed by atoms with E-state index in [0.717, 1.165) is 5.56 Å². The van der Waals surface area contributed by atoms with Crippen molar-refractivity contribution in [1.82, 2.24) is 0 Å². The van der Waals surface area contributed by atoms with Crippen LogP contribution >= 0.6 is 0 Å². The predicted octanol–water partition coefficient (Wildman–Crippen LogP) is 4.73. The quantitative estimate of drug-likeness (QED) is 0.845. The van der Waals surface area contributed by atoms with Gasteiger partial charge in [0, 0.05) is 11.3 Å². The third-order valence-corrected chi connectivity index (χ3v) is 3.17. The number of nitrogens with one attached hydrogen (secondary N) is 2. The predicted molar refractivity (Wildman–Crippen MR) is 95.4 cm³/mol. The topological polar surface area (TPSA) is 67.4 Å². The van der Waals surface area contributed by atoms with Gasteiger partial charge in [0.15, 0.2) is 0 Å². The molecular formula is C19H21FN2O3. The zero-order chi connectivity index (χ0) is 18.6. The number of hydrogen-bond donors (Lipinski definition) is 2. The molecule has 0 aromatic heterocycles. The second-order valence-corrected chi connectivity index (χ2v) is 6.64. The summed E-state index contributed by atoms with van der Waals surface area (Å²) in [5, 5.41) is 5.10. The average Bonchev–Trinajstić information content (AvgIpc) is 2.48. The van der Waals surface area contributed by atoms with E-state index in [2.05, 4.69) is 10.6 Å². The van der Waals surface area contributed by atoms with Crippen molar-refractivity contribution in [2.45, 2.75) is 33.3 Å². The highest BCUT2D eigenvalue weighted by Gasteiger charge is 2.16. The molecule has 0 saturated carbocycles. The molecule has 5 nitrogen and oxygen atoms in total. The number of rotatable bonds is 3. The molecule has 0 unspecified atom stereocenters. The average molecular weight is 344 g/mol. The fourth-order valence-corrected chi connectivity index (χ4v) is 2.04. The monoisotopic (exact) mass is 344 g/mol. The summed E-state index contributed by atoms with van der Waals surface area (Å²) >= 11 is 0. The highest BCUT2D eigenvalue weighted by molar-refractivity contribution is 6.04. The normalized spacial score (nSPS) is 10.9. The van der Waals surface area contributed by atoms with Crippen molar-refractivity contribution in [1.29, 1.82) is 0 Å². The fraction of sp³-hybridized carbons (Fsp3) is 0.263. The summed E-state index contributed by atoms with van der Waals surface area (Å²) in [6.07, 6.45) is -0.577. The second-order valence-electron chi connectivity index (χ2n) is 6.64. The largest absolute Gasteiger partial charge is 0.444 e. The molecule has 0 radical (unpaired) electrons. The molecule has 2 rings (SSSR count). The van der Waals surface area contributed by atoms with Crippen LogP contribution in [0.4, 0.5) is 20.6 Å². The molecule has 2 N–H and O–H groups in total. The van der Waals surface area contributed by atoms with Crippen molar-refractivity contribution in [3.63, 3.8) is 0 Å². The van der Waals surface area contributed by atoms with Gasteiger partial charge in [0.1, 0.15) is 11.4 Å². The van der Waals surface area contributed by atoms with Crippen LogP contribution in [0, 0.1) is 12.7 Å². The van der Waals surface area contributed by atoms with Gasteiger partial charge in [0.2, 0.25) is 0 Å². The number of aryl methyl sites for hydroxylation is 1. The molecule has 2 aromatic carbocycles. The van der Waals surface area contributed by atoms with Crippen LogP contribution < -0.4 is 10.6 Å². The van der Waals surface area contributed by atoms with Crippen LogP contribution in [0.3, 0.4) is 0 Å². The molecule has 0 aliphatic rings. The number of carbonyl (C=O) groups excluding carboxylic acids is 2. The summed E-state index contributed by atoms with van der Waals surface area (Å²) in [6.45, 7) is 7.07. The molecule has 0 atom stereocenters. The Bertz CT molecular complexity index is 780. The van der Waals surface area contributed by atoms with Crippen LogP contribution in [-0.2, 0) is 4.74 Å². The van der Waals surface area contributed by atoms with E-state index in [1.165, 1.54) is 24.3 Å². The first-order valence-corrected chi connectivity index (χ1v) is 7.81. The van der Waals surface area contributed by atoms with E-state index in [1.54, 1.807) is 45.9 Å². The molecule has 0 fully saturated rings. The number of ether oxygens (including phenoxy) is 1. The van der Waals surface area contributed by atoms with Gasteiger partial charge in [-0.3, -0.25) is 10.1 Å². The van der Waals surface area contributed by atoms with Crippen molar-refractivity contribution in [2.24, 2.45) is 0 Å². The van der Waals surface area contributed by atoms with E-state index >= 15 is 0 Å².